The first-order valence-electron chi connectivity index (χ1n) is 12.4. The van der Waals surface area contributed by atoms with Gasteiger partial charge in [-0.2, -0.15) is 0 Å². The van der Waals surface area contributed by atoms with E-state index < -0.39 is 41.6 Å². The Balaban J connectivity index is 2.91. The number of carbonyl (C=O) groups is 4. The minimum atomic E-state index is -0.868. The molecule has 0 radical (unpaired) electrons. The minimum Gasteiger partial charge on any atom is -0.444 e. The Hall–Kier alpha value is -2.55. The third kappa shape index (κ3) is 11.0. The lowest BCUT2D eigenvalue weighted by molar-refractivity contribution is -0.142. The molecule has 0 saturated heterocycles. The van der Waals surface area contributed by atoms with Gasteiger partial charge in [0.15, 0.2) is 0 Å². The molecule has 36 heavy (non-hydrogen) atoms. The van der Waals surface area contributed by atoms with E-state index in [4.69, 9.17) is 4.74 Å². The Morgan fingerprint density at radius 2 is 1.56 bits per heavy atom. The van der Waals surface area contributed by atoms with Gasteiger partial charge in [-0.05, 0) is 51.5 Å². The highest BCUT2D eigenvalue weighted by molar-refractivity contribution is 8.13. The molecule has 0 aliphatic rings. The van der Waals surface area contributed by atoms with Crippen LogP contribution in [-0.2, 0) is 24.9 Å². The molecule has 8 nitrogen and oxygen atoms in total. The SMILES string of the molecule is CC(C)C[C@@H](C(=O)N[C@@H](C)C(=O)SCc1ccccc1)N(C)C(=O)[C@@H](NC(=O)OC(C)(C)C)C(C)C. The van der Waals surface area contributed by atoms with Gasteiger partial charge in [0.05, 0.1) is 6.04 Å². The van der Waals surface area contributed by atoms with Gasteiger partial charge in [-0.15, -0.1) is 0 Å². The van der Waals surface area contributed by atoms with Gasteiger partial charge in [0.1, 0.15) is 17.7 Å². The smallest absolute Gasteiger partial charge is 0.408 e. The van der Waals surface area contributed by atoms with E-state index in [9.17, 15) is 19.2 Å². The number of likely N-dealkylation sites (N-methyl/N-ethyl adjacent to an activating group) is 1. The molecule has 202 valence electrons. The van der Waals surface area contributed by atoms with E-state index in [1.54, 1.807) is 34.7 Å². The van der Waals surface area contributed by atoms with Gasteiger partial charge in [-0.1, -0.05) is 69.8 Å². The Morgan fingerprint density at radius 3 is 2.06 bits per heavy atom. The second kappa shape index (κ2) is 14.3. The van der Waals surface area contributed by atoms with Gasteiger partial charge in [-0.3, -0.25) is 14.4 Å². The van der Waals surface area contributed by atoms with Crippen LogP contribution in [0.25, 0.3) is 0 Å². The molecule has 3 atom stereocenters. The number of ether oxygens (including phenoxy) is 1. The predicted molar refractivity (Wildman–Crippen MR) is 144 cm³/mol. The van der Waals surface area contributed by atoms with Crippen molar-refractivity contribution >= 4 is 34.8 Å². The molecule has 0 aromatic heterocycles. The number of hydrogen-bond donors (Lipinski definition) is 2. The van der Waals surface area contributed by atoms with E-state index in [2.05, 4.69) is 10.6 Å². The summed E-state index contributed by atoms with van der Waals surface area (Å²) < 4.78 is 5.31. The van der Waals surface area contributed by atoms with Crippen molar-refractivity contribution < 1.29 is 23.9 Å². The van der Waals surface area contributed by atoms with Crippen molar-refractivity contribution in [2.75, 3.05) is 7.05 Å². The van der Waals surface area contributed by atoms with Gasteiger partial charge in [0, 0.05) is 12.8 Å². The van der Waals surface area contributed by atoms with Crippen molar-refractivity contribution in [3.63, 3.8) is 0 Å². The second-order valence-corrected chi connectivity index (χ2v) is 11.8. The fourth-order valence-electron chi connectivity index (χ4n) is 3.43. The molecule has 3 amide bonds. The summed E-state index contributed by atoms with van der Waals surface area (Å²) in [4.78, 5) is 53.0. The maximum absolute atomic E-state index is 13.4. The molecule has 0 fully saturated rings. The maximum atomic E-state index is 13.4. The molecule has 9 heteroatoms. The number of amides is 3. The van der Waals surface area contributed by atoms with Crippen LogP contribution in [-0.4, -0.2) is 58.7 Å². The molecule has 0 saturated carbocycles. The van der Waals surface area contributed by atoms with Gasteiger partial charge < -0.3 is 20.3 Å². The molecule has 0 unspecified atom stereocenters. The lowest BCUT2D eigenvalue weighted by Crippen LogP contribution is -2.57. The number of nitrogens with one attached hydrogen (secondary N) is 2. The number of thioether (sulfide) groups is 1. The lowest BCUT2D eigenvalue weighted by Gasteiger charge is -2.33. The van der Waals surface area contributed by atoms with Gasteiger partial charge in [0.2, 0.25) is 16.9 Å². The van der Waals surface area contributed by atoms with E-state index in [1.807, 2.05) is 58.0 Å². The molecule has 0 aliphatic heterocycles. The number of alkyl carbamates (subject to hydrolysis) is 1. The summed E-state index contributed by atoms with van der Waals surface area (Å²) in [7, 11) is 1.55. The topological polar surface area (TPSA) is 105 Å². The van der Waals surface area contributed by atoms with Crippen LogP contribution in [0.5, 0.6) is 0 Å². The number of nitrogens with zero attached hydrogens (tertiary/aromatic N) is 1. The average molecular weight is 522 g/mol. The first kappa shape index (κ1) is 31.5. The summed E-state index contributed by atoms with van der Waals surface area (Å²) in [5, 5.41) is 5.28. The van der Waals surface area contributed by atoms with Crippen LogP contribution in [0.2, 0.25) is 0 Å². The summed E-state index contributed by atoms with van der Waals surface area (Å²) in [6.07, 6.45) is -0.286. The zero-order valence-corrected chi connectivity index (χ0v) is 23.9. The fourth-order valence-corrected chi connectivity index (χ4v) is 4.24. The molecule has 0 bridgehead atoms. The third-order valence-electron chi connectivity index (χ3n) is 5.35. The minimum absolute atomic E-state index is 0.116. The van der Waals surface area contributed by atoms with E-state index in [0.717, 1.165) is 17.3 Å². The molecule has 2 N–H and O–H groups in total. The Bertz CT molecular complexity index is 883. The largest absolute Gasteiger partial charge is 0.444 e. The molecular formula is C27H43N3O5S. The molecule has 0 aliphatic carbocycles. The van der Waals surface area contributed by atoms with Gasteiger partial charge in [-0.25, -0.2) is 4.79 Å². The second-order valence-electron chi connectivity index (χ2n) is 10.8. The third-order valence-corrected chi connectivity index (χ3v) is 6.47. The zero-order valence-electron chi connectivity index (χ0n) is 23.1. The van der Waals surface area contributed by atoms with Crippen LogP contribution in [0.15, 0.2) is 30.3 Å². The van der Waals surface area contributed by atoms with E-state index in [-0.39, 0.29) is 17.0 Å². The molecule has 0 spiro atoms. The average Bonchev–Trinajstić information content (AvgIpc) is 2.77. The monoisotopic (exact) mass is 521 g/mol. The highest BCUT2D eigenvalue weighted by Gasteiger charge is 2.35. The first-order chi connectivity index (χ1) is 16.6. The van der Waals surface area contributed by atoms with E-state index in [0.29, 0.717) is 12.2 Å². The van der Waals surface area contributed by atoms with Crippen molar-refractivity contribution in [1.29, 1.82) is 0 Å². The molecular weight excluding hydrogens is 478 g/mol. The van der Waals surface area contributed by atoms with Crippen molar-refractivity contribution in [1.82, 2.24) is 15.5 Å². The predicted octanol–water partition coefficient (Wildman–Crippen LogP) is 4.37. The number of hydrogen-bond acceptors (Lipinski definition) is 6. The van der Waals surface area contributed by atoms with Crippen molar-refractivity contribution in [2.45, 2.75) is 91.3 Å². The summed E-state index contributed by atoms with van der Waals surface area (Å²) >= 11 is 1.14. The van der Waals surface area contributed by atoms with Gasteiger partial charge in [0.25, 0.3) is 0 Å². The standard InChI is InChI=1S/C27H43N3O5S/c1-17(2)15-21(23(31)28-19(5)25(33)36-16-20-13-11-10-12-14-20)30(9)24(32)22(18(3)4)29-26(34)35-27(6,7)8/h10-14,17-19,21-22H,15-16H2,1-9H3,(H,28,31)(H,29,34)/t19-,21-,22-/m0/s1. The van der Waals surface area contributed by atoms with Crippen molar-refractivity contribution in [3.05, 3.63) is 35.9 Å². The molecule has 0 heterocycles. The quantitative estimate of drug-likeness (QED) is 0.448. The molecule has 1 aromatic rings. The summed E-state index contributed by atoms with van der Waals surface area (Å²) in [6.45, 7) is 14.4. The molecule has 1 rings (SSSR count). The van der Waals surface area contributed by atoms with Crippen LogP contribution in [0, 0.1) is 11.8 Å². The van der Waals surface area contributed by atoms with Crippen molar-refractivity contribution in [3.8, 4) is 0 Å². The normalized spacial score (nSPS) is 14.1. The van der Waals surface area contributed by atoms with Crippen LogP contribution in [0.3, 0.4) is 0 Å². The lowest BCUT2D eigenvalue weighted by atomic mass is 9.98. The number of benzene rings is 1. The fraction of sp³-hybridized carbons (Fsp3) is 0.630. The molecule has 1 aromatic carbocycles. The summed E-state index contributed by atoms with van der Waals surface area (Å²) in [5.41, 5.74) is 0.316. The highest BCUT2D eigenvalue weighted by atomic mass is 32.2. The number of rotatable bonds is 11. The Morgan fingerprint density at radius 1 is 0.972 bits per heavy atom. The Kier molecular flexibility index (Phi) is 12.5. The van der Waals surface area contributed by atoms with Crippen LogP contribution in [0.1, 0.15) is 67.4 Å². The van der Waals surface area contributed by atoms with Crippen LogP contribution >= 0.6 is 11.8 Å². The van der Waals surface area contributed by atoms with Crippen molar-refractivity contribution in [2.24, 2.45) is 11.8 Å². The van der Waals surface area contributed by atoms with E-state index >= 15 is 0 Å². The maximum Gasteiger partial charge on any atom is 0.408 e. The van der Waals surface area contributed by atoms with Gasteiger partial charge >= 0.3 is 6.09 Å². The van der Waals surface area contributed by atoms with E-state index in [1.165, 1.54) is 4.90 Å². The first-order valence-corrected chi connectivity index (χ1v) is 13.4. The van der Waals surface area contributed by atoms with Crippen LogP contribution in [0.4, 0.5) is 4.79 Å². The van der Waals surface area contributed by atoms with Crippen LogP contribution < -0.4 is 10.6 Å². The number of carbonyl (C=O) groups excluding carboxylic acids is 4. The zero-order chi connectivity index (χ0) is 27.6. The highest BCUT2D eigenvalue weighted by Crippen LogP contribution is 2.18. The summed E-state index contributed by atoms with van der Waals surface area (Å²) in [5.74, 6) is -0.398. The summed E-state index contributed by atoms with van der Waals surface area (Å²) in [6, 6.07) is 7.25. The Labute approximate surface area is 220 Å².